The van der Waals surface area contributed by atoms with E-state index in [4.69, 9.17) is 0 Å². The van der Waals surface area contributed by atoms with Crippen molar-refractivity contribution >= 4 is 22.5 Å². The third-order valence-corrected chi connectivity index (χ3v) is 4.86. The quantitative estimate of drug-likeness (QED) is 0.773. The summed E-state index contributed by atoms with van der Waals surface area (Å²) >= 11 is 0. The van der Waals surface area contributed by atoms with Gasteiger partial charge in [0.05, 0.1) is 5.52 Å². The maximum atomic E-state index is 12.5. The number of aromatic nitrogens is 2. The molecule has 128 valence electrons. The number of hydrogen-bond donors (Lipinski definition) is 2. The SMILES string of the molecule is Cn1cc2cc(NC(=O)c3ccc(C4CCNCC4)cc3)ccc2n1. The molecule has 2 N–H and O–H groups in total. The van der Waals surface area contributed by atoms with E-state index in [9.17, 15) is 4.79 Å². The van der Waals surface area contributed by atoms with Gasteiger partial charge in [0.2, 0.25) is 0 Å². The fraction of sp³-hybridized carbons (Fsp3) is 0.300. The Balaban J connectivity index is 1.47. The minimum atomic E-state index is -0.0832. The lowest BCUT2D eigenvalue weighted by Gasteiger charge is -2.23. The first-order chi connectivity index (χ1) is 12.2. The molecule has 1 fully saturated rings. The van der Waals surface area contributed by atoms with E-state index in [0.29, 0.717) is 11.5 Å². The molecule has 5 nitrogen and oxygen atoms in total. The zero-order valence-electron chi connectivity index (χ0n) is 14.3. The number of nitrogens with one attached hydrogen (secondary N) is 2. The lowest BCUT2D eigenvalue weighted by atomic mass is 9.90. The Morgan fingerprint density at radius 2 is 1.92 bits per heavy atom. The topological polar surface area (TPSA) is 59.0 Å². The predicted octanol–water partition coefficient (Wildman–Crippen LogP) is 3.29. The third-order valence-electron chi connectivity index (χ3n) is 4.86. The average Bonchev–Trinajstić information content (AvgIpc) is 3.02. The normalized spacial score (nSPS) is 15.4. The molecule has 1 aliphatic heterocycles. The van der Waals surface area contributed by atoms with E-state index >= 15 is 0 Å². The van der Waals surface area contributed by atoms with Gasteiger partial charge in [-0.1, -0.05) is 12.1 Å². The number of benzene rings is 2. The molecule has 1 amide bonds. The van der Waals surface area contributed by atoms with Crippen molar-refractivity contribution in [2.45, 2.75) is 18.8 Å². The highest BCUT2D eigenvalue weighted by atomic mass is 16.1. The molecule has 1 saturated heterocycles. The van der Waals surface area contributed by atoms with Gasteiger partial charge in [0.1, 0.15) is 0 Å². The number of carbonyl (C=O) groups excluding carboxylic acids is 1. The largest absolute Gasteiger partial charge is 0.322 e. The van der Waals surface area contributed by atoms with Crippen LogP contribution in [0.3, 0.4) is 0 Å². The number of nitrogens with zero attached hydrogens (tertiary/aromatic N) is 2. The minimum absolute atomic E-state index is 0.0832. The highest BCUT2D eigenvalue weighted by molar-refractivity contribution is 6.05. The van der Waals surface area contributed by atoms with Crippen LogP contribution in [0.2, 0.25) is 0 Å². The second-order valence-electron chi connectivity index (χ2n) is 6.68. The standard InChI is InChI=1S/C20H22N4O/c1-24-13-17-12-18(6-7-19(17)23-24)22-20(25)16-4-2-14(3-5-16)15-8-10-21-11-9-15/h2-7,12-13,15,21H,8-11H2,1H3,(H,22,25). The van der Waals surface area contributed by atoms with Crippen LogP contribution in [0.1, 0.15) is 34.7 Å². The summed E-state index contributed by atoms with van der Waals surface area (Å²) in [7, 11) is 1.89. The summed E-state index contributed by atoms with van der Waals surface area (Å²) in [6, 6.07) is 13.8. The first kappa shape index (κ1) is 15.8. The molecule has 0 radical (unpaired) electrons. The number of fused-ring (bicyclic) bond motifs is 1. The van der Waals surface area contributed by atoms with Crippen molar-refractivity contribution in [1.29, 1.82) is 0 Å². The van der Waals surface area contributed by atoms with Crippen LogP contribution in [-0.2, 0) is 7.05 Å². The van der Waals surface area contributed by atoms with Crippen molar-refractivity contribution < 1.29 is 4.79 Å². The van der Waals surface area contributed by atoms with Gasteiger partial charge in [0.25, 0.3) is 5.91 Å². The fourth-order valence-corrected chi connectivity index (χ4v) is 3.49. The molecule has 2 aromatic carbocycles. The Kier molecular flexibility index (Phi) is 4.24. The van der Waals surface area contributed by atoms with E-state index in [0.717, 1.165) is 42.5 Å². The Morgan fingerprint density at radius 1 is 1.16 bits per heavy atom. The molecule has 2 heterocycles. The van der Waals surface area contributed by atoms with Gasteiger partial charge in [-0.05, 0) is 67.7 Å². The van der Waals surface area contributed by atoms with Gasteiger partial charge in [-0.2, -0.15) is 5.10 Å². The minimum Gasteiger partial charge on any atom is -0.322 e. The van der Waals surface area contributed by atoms with Crippen molar-refractivity contribution in [2.75, 3.05) is 18.4 Å². The summed E-state index contributed by atoms with van der Waals surface area (Å²) in [4.78, 5) is 12.5. The number of carbonyl (C=O) groups is 1. The van der Waals surface area contributed by atoms with Gasteiger partial charge in [-0.25, -0.2) is 0 Å². The molecule has 0 saturated carbocycles. The zero-order chi connectivity index (χ0) is 17.2. The fourth-order valence-electron chi connectivity index (χ4n) is 3.49. The van der Waals surface area contributed by atoms with E-state index < -0.39 is 0 Å². The van der Waals surface area contributed by atoms with Gasteiger partial charge in [0, 0.05) is 29.9 Å². The number of hydrogen-bond acceptors (Lipinski definition) is 3. The van der Waals surface area contributed by atoms with Crippen LogP contribution in [0.15, 0.2) is 48.7 Å². The molecular weight excluding hydrogens is 312 g/mol. The maximum Gasteiger partial charge on any atom is 0.255 e. The summed E-state index contributed by atoms with van der Waals surface area (Å²) in [5.74, 6) is 0.520. The number of rotatable bonds is 3. The maximum absolute atomic E-state index is 12.5. The van der Waals surface area contributed by atoms with Crippen LogP contribution in [0.5, 0.6) is 0 Å². The van der Waals surface area contributed by atoms with Crippen LogP contribution in [0.25, 0.3) is 10.9 Å². The number of amides is 1. The number of anilines is 1. The van der Waals surface area contributed by atoms with Gasteiger partial charge < -0.3 is 10.6 Å². The van der Waals surface area contributed by atoms with Gasteiger partial charge >= 0.3 is 0 Å². The first-order valence-electron chi connectivity index (χ1n) is 8.74. The predicted molar refractivity (Wildman–Crippen MR) is 100.0 cm³/mol. The second-order valence-corrected chi connectivity index (χ2v) is 6.68. The van der Waals surface area contributed by atoms with Crippen molar-refractivity contribution in [3.8, 4) is 0 Å². The highest BCUT2D eigenvalue weighted by Crippen LogP contribution is 2.25. The molecule has 5 heteroatoms. The molecule has 25 heavy (non-hydrogen) atoms. The lowest BCUT2D eigenvalue weighted by molar-refractivity contribution is 0.102. The Morgan fingerprint density at radius 3 is 2.68 bits per heavy atom. The molecule has 1 aliphatic rings. The number of piperidine rings is 1. The van der Waals surface area contributed by atoms with Gasteiger partial charge in [-0.15, -0.1) is 0 Å². The Hall–Kier alpha value is -2.66. The van der Waals surface area contributed by atoms with Crippen molar-refractivity contribution in [3.05, 3.63) is 59.8 Å². The van der Waals surface area contributed by atoms with Crippen molar-refractivity contribution in [2.24, 2.45) is 7.05 Å². The third kappa shape index (κ3) is 3.42. The molecule has 0 unspecified atom stereocenters. The Labute approximate surface area is 147 Å². The van der Waals surface area contributed by atoms with Crippen LogP contribution in [0, 0.1) is 0 Å². The molecule has 0 aliphatic carbocycles. The van der Waals surface area contributed by atoms with Crippen molar-refractivity contribution in [3.63, 3.8) is 0 Å². The number of aryl methyl sites for hydroxylation is 1. The molecule has 4 rings (SSSR count). The van der Waals surface area contributed by atoms with E-state index in [1.54, 1.807) is 4.68 Å². The summed E-state index contributed by atoms with van der Waals surface area (Å²) in [5.41, 5.74) is 3.72. The average molecular weight is 334 g/mol. The van der Waals surface area contributed by atoms with Gasteiger partial charge in [0.15, 0.2) is 0 Å². The van der Waals surface area contributed by atoms with E-state index in [1.807, 2.05) is 43.6 Å². The van der Waals surface area contributed by atoms with E-state index in [-0.39, 0.29) is 5.91 Å². The van der Waals surface area contributed by atoms with Crippen molar-refractivity contribution in [1.82, 2.24) is 15.1 Å². The molecule has 1 aromatic heterocycles. The second kappa shape index (κ2) is 6.69. The smallest absolute Gasteiger partial charge is 0.255 e. The molecule has 0 bridgehead atoms. The van der Waals surface area contributed by atoms with E-state index in [2.05, 4.69) is 27.9 Å². The summed E-state index contributed by atoms with van der Waals surface area (Å²) in [6.45, 7) is 2.15. The molecular formula is C20H22N4O. The molecule has 0 atom stereocenters. The lowest BCUT2D eigenvalue weighted by Crippen LogP contribution is -2.26. The zero-order valence-corrected chi connectivity index (χ0v) is 14.3. The summed E-state index contributed by atoms with van der Waals surface area (Å²) in [5, 5.41) is 11.7. The van der Waals surface area contributed by atoms with Gasteiger partial charge in [-0.3, -0.25) is 9.48 Å². The van der Waals surface area contributed by atoms with E-state index in [1.165, 1.54) is 5.56 Å². The van der Waals surface area contributed by atoms with Crippen LogP contribution in [-0.4, -0.2) is 28.8 Å². The van der Waals surface area contributed by atoms with Crippen LogP contribution in [0.4, 0.5) is 5.69 Å². The van der Waals surface area contributed by atoms with Crippen LogP contribution >= 0.6 is 0 Å². The highest BCUT2D eigenvalue weighted by Gasteiger charge is 2.15. The molecule has 0 spiro atoms. The monoisotopic (exact) mass is 334 g/mol. The van der Waals surface area contributed by atoms with Crippen LogP contribution < -0.4 is 10.6 Å². The first-order valence-corrected chi connectivity index (χ1v) is 8.74. The Bertz CT molecular complexity index is 892. The summed E-state index contributed by atoms with van der Waals surface area (Å²) in [6.07, 6.45) is 4.27. The molecule has 3 aromatic rings. The summed E-state index contributed by atoms with van der Waals surface area (Å²) < 4.78 is 1.77.